The monoisotopic (exact) mass is 347 g/mol. The lowest BCUT2D eigenvalue weighted by atomic mass is 9.72. The molecule has 0 heterocycles. The Bertz CT molecular complexity index is 764. The lowest BCUT2D eigenvalue weighted by Gasteiger charge is -2.43. The molecule has 0 saturated heterocycles. The van der Waals surface area contributed by atoms with Gasteiger partial charge in [0.05, 0.1) is 5.54 Å². The third-order valence-electron chi connectivity index (χ3n) is 6.19. The Morgan fingerprint density at radius 2 is 1.88 bits per heavy atom. The Morgan fingerprint density at radius 3 is 2.54 bits per heavy atom. The molecule has 26 heavy (non-hydrogen) atoms. The molecule has 138 valence electrons. The highest BCUT2D eigenvalue weighted by Gasteiger charge is 2.38. The molecule has 0 aliphatic heterocycles. The van der Waals surface area contributed by atoms with Gasteiger partial charge in [0.15, 0.2) is 0 Å². The Balaban J connectivity index is 1.77. The summed E-state index contributed by atoms with van der Waals surface area (Å²) in [5.41, 5.74) is 9.43. The van der Waals surface area contributed by atoms with E-state index >= 15 is 0 Å². The van der Waals surface area contributed by atoms with Crippen molar-refractivity contribution in [2.75, 3.05) is 0 Å². The van der Waals surface area contributed by atoms with E-state index in [1.165, 1.54) is 40.7 Å². The first-order valence-corrected chi connectivity index (χ1v) is 9.97. The van der Waals surface area contributed by atoms with Crippen molar-refractivity contribution in [3.63, 3.8) is 0 Å². The van der Waals surface area contributed by atoms with Gasteiger partial charge in [-0.1, -0.05) is 67.1 Å². The fourth-order valence-electron chi connectivity index (χ4n) is 4.70. The summed E-state index contributed by atoms with van der Waals surface area (Å²) in [4.78, 5) is 0. The number of rotatable bonds is 6. The van der Waals surface area contributed by atoms with Gasteiger partial charge in [0.1, 0.15) is 0 Å². The molecule has 1 heteroatoms. The molecule has 3 rings (SSSR count). The van der Waals surface area contributed by atoms with E-state index in [9.17, 15) is 0 Å². The van der Waals surface area contributed by atoms with Crippen LogP contribution in [-0.2, 0) is 5.54 Å². The van der Waals surface area contributed by atoms with Crippen LogP contribution in [0.1, 0.15) is 69.4 Å². The lowest BCUT2D eigenvalue weighted by Crippen LogP contribution is -2.45. The van der Waals surface area contributed by atoms with Crippen LogP contribution in [0, 0.1) is 6.92 Å². The average Bonchev–Trinajstić information content (AvgIpc) is 2.93. The molecule has 0 aromatic heterocycles. The van der Waals surface area contributed by atoms with E-state index in [4.69, 9.17) is 0 Å². The Labute approximate surface area is 159 Å². The molecule has 0 bridgehead atoms. The van der Waals surface area contributed by atoms with Gasteiger partial charge in [-0.15, -0.1) is 0 Å². The highest BCUT2D eigenvalue weighted by atomic mass is 15.0. The first-order valence-electron chi connectivity index (χ1n) is 9.97. The summed E-state index contributed by atoms with van der Waals surface area (Å²) in [5, 5.41) is 3.85. The van der Waals surface area contributed by atoms with E-state index in [-0.39, 0.29) is 5.54 Å². The number of nitrogens with one attached hydrogen (secondary N) is 1. The summed E-state index contributed by atoms with van der Waals surface area (Å²) in [7, 11) is 0. The minimum Gasteiger partial charge on any atom is -0.376 e. The average molecular weight is 348 g/mol. The summed E-state index contributed by atoms with van der Waals surface area (Å²) >= 11 is 0. The van der Waals surface area contributed by atoms with Crippen LogP contribution in [0.5, 0.6) is 0 Å². The SMILES string of the molecule is C=C1CC(C)=C(CCC(=C)N[C@]2(c3ccccc3C)CCCCC2=C)C1. The Hall–Kier alpha value is -2.02. The molecule has 0 unspecified atom stereocenters. The predicted molar refractivity (Wildman–Crippen MR) is 113 cm³/mol. The van der Waals surface area contributed by atoms with Crippen LogP contribution in [0.25, 0.3) is 0 Å². The third-order valence-corrected chi connectivity index (χ3v) is 6.19. The minimum absolute atomic E-state index is 0.149. The van der Waals surface area contributed by atoms with E-state index in [1.807, 2.05) is 0 Å². The fourth-order valence-corrected chi connectivity index (χ4v) is 4.70. The van der Waals surface area contributed by atoms with Crippen molar-refractivity contribution in [2.45, 2.75) is 70.8 Å². The largest absolute Gasteiger partial charge is 0.376 e. The number of benzene rings is 1. The molecule has 2 aliphatic rings. The maximum Gasteiger partial charge on any atom is 0.0836 e. The number of hydrogen-bond donors (Lipinski definition) is 1. The highest BCUT2D eigenvalue weighted by molar-refractivity contribution is 5.42. The topological polar surface area (TPSA) is 12.0 Å². The minimum atomic E-state index is -0.149. The fraction of sp³-hybridized carbons (Fsp3) is 0.440. The second kappa shape index (κ2) is 7.70. The number of hydrogen-bond acceptors (Lipinski definition) is 1. The van der Waals surface area contributed by atoms with Gasteiger partial charge in [-0.3, -0.25) is 0 Å². The molecule has 1 N–H and O–H groups in total. The van der Waals surface area contributed by atoms with Crippen LogP contribution in [0.15, 0.2) is 72.0 Å². The summed E-state index contributed by atoms with van der Waals surface area (Å²) in [5.74, 6) is 0. The molecular weight excluding hydrogens is 314 g/mol. The third kappa shape index (κ3) is 3.72. The van der Waals surface area contributed by atoms with Crippen molar-refractivity contribution in [3.05, 3.63) is 83.1 Å². The molecule has 0 amide bonds. The Morgan fingerprint density at radius 1 is 1.12 bits per heavy atom. The van der Waals surface area contributed by atoms with E-state index in [0.717, 1.165) is 44.2 Å². The summed E-state index contributed by atoms with van der Waals surface area (Å²) in [6, 6.07) is 8.74. The summed E-state index contributed by atoms with van der Waals surface area (Å²) < 4.78 is 0. The first-order chi connectivity index (χ1) is 12.4. The van der Waals surface area contributed by atoms with Gasteiger partial charge < -0.3 is 5.32 Å². The zero-order chi connectivity index (χ0) is 18.7. The maximum absolute atomic E-state index is 4.47. The van der Waals surface area contributed by atoms with Crippen LogP contribution < -0.4 is 5.32 Å². The number of allylic oxidation sites excluding steroid dienone is 4. The molecule has 0 radical (unpaired) electrons. The second-order valence-electron chi connectivity index (χ2n) is 8.25. The first kappa shape index (κ1) is 18.8. The summed E-state index contributed by atoms with van der Waals surface area (Å²) in [6.07, 6.45) is 8.92. The standard InChI is InChI=1S/C25H33N/c1-18-16-20(3)23(17-18)14-13-22(5)26-25(15-9-8-11-21(25)4)24-12-7-6-10-19(24)2/h6-7,10,12,26H,1,4-5,8-9,11,13-17H2,2-3H3/t25-/m1/s1. The molecule has 0 spiro atoms. The van der Waals surface area contributed by atoms with Crippen LogP contribution in [-0.4, -0.2) is 0 Å². The summed E-state index contributed by atoms with van der Waals surface area (Å²) in [6.45, 7) is 17.5. The molecule has 1 saturated carbocycles. The zero-order valence-electron chi connectivity index (χ0n) is 16.6. The Kier molecular flexibility index (Phi) is 5.55. The van der Waals surface area contributed by atoms with Crippen molar-refractivity contribution >= 4 is 0 Å². The highest BCUT2D eigenvalue weighted by Crippen LogP contribution is 2.43. The molecule has 1 aromatic carbocycles. The lowest BCUT2D eigenvalue weighted by molar-refractivity contribution is 0.333. The van der Waals surface area contributed by atoms with E-state index < -0.39 is 0 Å². The number of aryl methyl sites for hydroxylation is 1. The maximum atomic E-state index is 4.47. The normalized spacial score (nSPS) is 23.5. The van der Waals surface area contributed by atoms with Crippen LogP contribution in [0.3, 0.4) is 0 Å². The molecule has 1 fully saturated rings. The van der Waals surface area contributed by atoms with Gasteiger partial charge in [-0.2, -0.15) is 0 Å². The zero-order valence-corrected chi connectivity index (χ0v) is 16.6. The molecule has 2 aliphatic carbocycles. The van der Waals surface area contributed by atoms with E-state index in [2.05, 4.69) is 63.2 Å². The quantitative estimate of drug-likeness (QED) is 0.554. The van der Waals surface area contributed by atoms with Gasteiger partial charge in [-0.25, -0.2) is 0 Å². The van der Waals surface area contributed by atoms with E-state index in [0.29, 0.717) is 0 Å². The van der Waals surface area contributed by atoms with Crippen LogP contribution in [0.2, 0.25) is 0 Å². The van der Waals surface area contributed by atoms with Gasteiger partial charge >= 0.3 is 0 Å². The smallest absolute Gasteiger partial charge is 0.0836 e. The van der Waals surface area contributed by atoms with Crippen LogP contribution in [0.4, 0.5) is 0 Å². The van der Waals surface area contributed by atoms with Crippen LogP contribution >= 0.6 is 0 Å². The van der Waals surface area contributed by atoms with Crippen molar-refractivity contribution in [1.29, 1.82) is 0 Å². The molecule has 1 nitrogen and oxygen atoms in total. The predicted octanol–water partition coefficient (Wildman–Crippen LogP) is 6.87. The molecular formula is C25H33N. The molecule has 1 aromatic rings. The van der Waals surface area contributed by atoms with Crippen molar-refractivity contribution in [2.24, 2.45) is 0 Å². The van der Waals surface area contributed by atoms with Crippen molar-refractivity contribution in [1.82, 2.24) is 5.32 Å². The van der Waals surface area contributed by atoms with Gasteiger partial charge in [0.2, 0.25) is 0 Å². The molecule has 1 atom stereocenters. The van der Waals surface area contributed by atoms with Gasteiger partial charge in [-0.05, 0) is 75.5 Å². The van der Waals surface area contributed by atoms with E-state index in [1.54, 1.807) is 5.57 Å². The second-order valence-corrected chi connectivity index (χ2v) is 8.25. The van der Waals surface area contributed by atoms with Gasteiger partial charge in [0, 0.05) is 5.70 Å². The van der Waals surface area contributed by atoms with Crippen molar-refractivity contribution in [3.8, 4) is 0 Å². The van der Waals surface area contributed by atoms with Crippen molar-refractivity contribution < 1.29 is 0 Å². The van der Waals surface area contributed by atoms with Gasteiger partial charge in [0.25, 0.3) is 0 Å².